The third-order valence-corrected chi connectivity index (χ3v) is 5.80. The number of hydrogen-bond donors (Lipinski definition) is 1. The minimum absolute atomic E-state index is 0.0649. The fraction of sp³-hybridized carbons (Fsp3) is 0.312. The van der Waals surface area contributed by atoms with E-state index in [4.69, 9.17) is 0 Å². The number of nitrogens with zero attached hydrogens (tertiary/aromatic N) is 5. The normalized spacial score (nSPS) is 13.5. The first kappa shape index (κ1) is 15.3. The maximum absolute atomic E-state index is 4.47. The zero-order valence-electron chi connectivity index (χ0n) is 13.5. The number of hydrogen-bond acceptors (Lipinski definition) is 8. The van der Waals surface area contributed by atoms with Gasteiger partial charge in [-0.3, -0.25) is 0 Å². The summed E-state index contributed by atoms with van der Waals surface area (Å²) >= 11 is 3.22. The smallest absolute Gasteiger partial charge is 0.150 e. The summed E-state index contributed by atoms with van der Waals surface area (Å²) in [5.74, 6) is 1.57. The Balaban J connectivity index is 1.81. The summed E-state index contributed by atoms with van der Waals surface area (Å²) in [7, 11) is 0. The minimum atomic E-state index is -0.0779. The van der Waals surface area contributed by atoms with Crippen LogP contribution in [-0.2, 0) is 0 Å². The van der Waals surface area contributed by atoms with Crippen LogP contribution < -0.4 is 5.32 Å². The predicted molar refractivity (Wildman–Crippen MR) is 98.4 cm³/mol. The molecule has 0 saturated heterocycles. The van der Waals surface area contributed by atoms with Gasteiger partial charge in [-0.15, -0.1) is 22.7 Å². The zero-order valence-corrected chi connectivity index (χ0v) is 15.1. The van der Waals surface area contributed by atoms with E-state index in [0.29, 0.717) is 0 Å². The molecular weight excluding hydrogens is 340 g/mol. The molecule has 0 aliphatic carbocycles. The molecule has 0 saturated carbocycles. The molecule has 0 radical (unpaired) electrons. The summed E-state index contributed by atoms with van der Waals surface area (Å²) in [6.07, 6.45) is 5.13. The first-order valence-electron chi connectivity index (χ1n) is 7.54. The fourth-order valence-electron chi connectivity index (χ4n) is 2.56. The lowest BCUT2D eigenvalue weighted by Crippen LogP contribution is -2.28. The van der Waals surface area contributed by atoms with Crippen LogP contribution in [0.1, 0.15) is 32.6 Å². The molecule has 0 aliphatic rings. The van der Waals surface area contributed by atoms with Gasteiger partial charge in [0.2, 0.25) is 0 Å². The zero-order chi connectivity index (χ0) is 16.7. The van der Waals surface area contributed by atoms with Gasteiger partial charge in [0.1, 0.15) is 22.5 Å². The second kappa shape index (κ2) is 5.71. The van der Waals surface area contributed by atoms with Crippen molar-refractivity contribution in [2.75, 3.05) is 5.32 Å². The van der Waals surface area contributed by atoms with Crippen molar-refractivity contribution < 1.29 is 0 Å². The van der Waals surface area contributed by atoms with Gasteiger partial charge < -0.3 is 5.32 Å². The summed E-state index contributed by atoms with van der Waals surface area (Å²) in [4.78, 5) is 23.2. The molecule has 0 amide bonds. The number of fused-ring (bicyclic) bond motifs is 3. The Bertz CT molecular complexity index is 986. The van der Waals surface area contributed by atoms with Crippen molar-refractivity contribution in [3.05, 3.63) is 36.1 Å². The van der Waals surface area contributed by atoms with E-state index in [2.05, 4.69) is 51.0 Å². The van der Waals surface area contributed by atoms with Crippen molar-refractivity contribution in [1.29, 1.82) is 0 Å². The molecule has 1 atom stereocenters. The van der Waals surface area contributed by atoms with Crippen molar-refractivity contribution in [1.82, 2.24) is 24.9 Å². The third kappa shape index (κ3) is 2.61. The van der Waals surface area contributed by atoms with E-state index >= 15 is 0 Å². The standard InChI is InChI=1S/C16H16N6S2/c1-16(2,3)12(14-17-5-4-6-18-14)22-13-10-9(19-7-20-13)11-15(24-10)21-8-23-11/h4-8,12H,1-3H3,(H,19,20,22). The predicted octanol–water partition coefficient (Wildman–Crippen LogP) is 4.29. The van der Waals surface area contributed by atoms with Crippen LogP contribution in [-0.4, -0.2) is 24.9 Å². The van der Waals surface area contributed by atoms with Crippen molar-refractivity contribution >= 4 is 48.2 Å². The van der Waals surface area contributed by atoms with Crippen molar-refractivity contribution in [3.8, 4) is 0 Å². The quantitative estimate of drug-likeness (QED) is 0.590. The molecule has 4 rings (SSSR count). The van der Waals surface area contributed by atoms with Gasteiger partial charge in [-0.2, -0.15) is 0 Å². The highest BCUT2D eigenvalue weighted by atomic mass is 32.1. The number of thiophene rings is 1. The monoisotopic (exact) mass is 356 g/mol. The third-order valence-electron chi connectivity index (χ3n) is 3.74. The highest BCUT2D eigenvalue weighted by molar-refractivity contribution is 7.31. The van der Waals surface area contributed by atoms with Crippen LogP contribution in [0.2, 0.25) is 0 Å². The molecule has 0 aliphatic heterocycles. The van der Waals surface area contributed by atoms with E-state index in [-0.39, 0.29) is 11.5 Å². The van der Waals surface area contributed by atoms with Crippen LogP contribution in [0.15, 0.2) is 30.3 Å². The molecule has 4 aromatic heterocycles. The molecular formula is C16H16N6S2. The highest BCUT2D eigenvalue weighted by Gasteiger charge is 2.29. The maximum atomic E-state index is 4.47. The van der Waals surface area contributed by atoms with Crippen LogP contribution in [0.25, 0.3) is 19.7 Å². The Hall–Kier alpha value is -2.19. The summed E-state index contributed by atoms with van der Waals surface area (Å²) in [5, 5.41) is 3.54. The molecule has 0 fully saturated rings. The van der Waals surface area contributed by atoms with E-state index in [1.54, 1.807) is 41.4 Å². The molecule has 4 heterocycles. The molecule has 1 N–H and O–H groups in total. The lowest BCUT2D eigenvalue weighted by Gasteiger charge is -2.30. The van der Waals surface area contributed by atoms with Crippen LogP contribution in [0.3, 0.4) is 0 Å². The largest absolute Gasteiger partial charge is 0.358 e. The van der Waals surface area contributed by atoms with Gasteiger partial charge in [0.25, 0.3) is 0 Å². The summed E-state index contributed by atoms with van der Waals surface area (Å²) in [6.45, 7) is 6.48. The van der Waals surface area contributed by atoms with Gasteiger partial charge in [0.05, 0.1) is 21.0 Å². The van der Waals surface area contributed by atoms with Crippen LogP contribution in [0.5, 0.6) is 0 Å². The fourth-order valence-corrected chi connectivity index (χ4v) is 4.59. The maximum Gasteiger partial charge on any atom is 0.150 e. The molecule has 0 aromatic carbocycles. The second-order valence-electron chi connectivity index (χ2n) is 6.54. The van der Waals surface area contributed by atoms with E-state index in [1.165, 1.54) is 0 Å². The first-order valence-corrected chi connectivity index (χ1v) is 9.24. The average Bonchev–Trinajstić information content (AvgIpc) is 3.14. The van der Waals surface area contributed by atoms with E-state index in [1.807, 2.05) is 11.6 Å². The number of nitrogens with one attached hydrogen (secondary N) is 1. The average molecular weight is 356 g/mol. The minimum Gasteiger partial charge on any atom is -0.358 e. The summed E-state index contributed by atoms with van der Waals surface area (Å²) < 4.78 is 2.14. The molecule has 24 heavy (non-hydrogen) atoms. The van der Waals surface area contributed by atoms with Gasteiger partial charge in [0, 0.05) is 12.4 Å². The van der Waals surface area contributed by atoms with Gasteiger partial charge in [-0.1, -0.05) is 20.8 Å². The van der Waals surface area contributed by atoms with Gasteiger partial charge in [-0.05, 0) is 11.5 Å². The molecule has 6 nitrogen and oxygen atoms in total. The topological polar surface area (TPSA) is 76.5 Å². The first-order chi connectivity index (χ1) is 11.5. The SMILES string of the molecule is CC(C)(C)C(Nc1ncnc2c1sc1ncsc12)c1ncccn1. The molecule has 1 unspecified atom stereocenters. The lowest BCUT2D eigenvalue weighted by atomic mass is 9.86. The Kier molecular flexibility index (Phi) is 3.65. The van der Waals surface area contributed by atoms with Crippen LogP contribution >= 0.6 is 22.7 Å². The number of aromatic nitrogens is 5. The Morgan fingerprint density at radius 1 is 1.00 bits per heavy atom. The Morgan fingerprint density at radius 2 is 1.79 bits per heavy atom. The van der Waals surface area contributed by atoms with E-state index < -0.39 is 0 Å². The molecule has 0 spiro atoms. The molecule has 8 heteroatoms. The van der Waals surface area contributed by atoms with Crippen LogP contribution in [0, 0.1) is 5.41 Å². The van der Waals surface area contributed by atoms with Crippen molar-refractivity contribution in [2.24, 2.45) is 5.41 Å². The number of rotatable bonds is 3. The highest BCUT2D eigenvalue weighted by Crippen LogP contribution is 2.40. The second-order valence-corrected chi connectivity index (χ2v) is 8.39. The van der Waals surface area contributed by atoms with E-state index in [0.717, 1.165) is 31.4 Å². The van der Waals surface area contributed by atoms with Gasteiger partial charge in [0.15, 0.2) is 5.82 Å². The summed E-state index contributed by atoms with van der Waals surface area (Å²) in [5.41, 5.74) is 2.73. The molecule has 122 valence electrons. The van der Waals surface area contributed by atoms with E-state index in [9.17, 15) is 0 Å². The lowest BCUT2D eigenvalue weighted by molar-refractivity contribution is 0.335. The van der Waals surface area contributed by atoms with Crippen LogP contribution in [0.4, 0.5) is 5.82 Å². The summed E-state index contributed by atoms with van der Waals surface area (Å²) in [6, 6.07) is 1.76. The molecule has 0 bridgehead atoms. The Morgan fingerprint density at radius 3 is 2.54 bits per heavy atom. The number of thiazole rings is 1. The van der Waals surface area contributed by atoms with Crippen molar-refractivity contribution in [2.45, 2.75) is 26.8 Å². The Labute approximate surface area is 147 Å². The van der Waals surface area contributed by atoms with Crippen molar-refractivity contribution in [3.63, 3.8) is 0 Å². The van der Waals surface area contributed by atoms with Gasteiger partial charge >= 0.3 is 0 Å². The number of anilines is 1. The molecule has 4 aromatic rings. The van der Waals surface area contributed by atoms with Gasteiger partial charge in [-0.25, -0.2) is 24.9 Å².